The molecule has 4 N–H and O–H groups in total. The van der Waals surface area contributed by atoms with Gasteiger partial charge in [-0.3, -0.25) is 4.79 Å². The van der Waals surface area contributed by atoms with Crippen LogP contribution in [-0.2, 0) is 11.3 Å². The maximum Gasteiger partial charge on any atom is 0.241 e. The molecular weight excluding hydrogens is 342 g/mol. The van der Waals surface area contributed by atoms with Crippen LogP contribution in [0.2, 0.25) is 5.02 Å². The summed E-state index contributed by atoms with van der Waals surface area (Å²) >= 11 is 7.97. The topological polar surface area (TPSA) is 67.2 Å². The number of amides is 1. The van der Waals surface area contributed by atoms with Crippen LogP contribution in [0.1, 0.15) is 12.0 Å². The van der Waals surface area contributed by atoms with E-state index in [9.17, 15) is 4.79 Å². The molecule has 0 saturated carbocycles. The van der Waals surface area contributed by atoms with Gasteiger partial charge in [-0.15, -0.1) is 0 Å². The predicted molar refractivity (Wildman–Crippen MR) is 105 cm³/mol. The molecule has 1 atom stereocenters. The van der Waals surface area contributed by atoms with E-state index < -0.39 is 6.04 Å². The number of nitrogens with two attached hydrogens (primary N) is 1. The van der Waals surface area contributed by atoms with Crippen molar-refractivity contribution < 1.29 is 4.79 Å². The quantitative estimate of drug-likeness (QED) is 0.663. The molecule has 2 aromatic rings. The maximum absolute atomic E-state index is 12.0. The minimum atomic E-state index is -0.507. The Kier molecular flexibility index (Phi) is 7.43. The first-order valence-electron chi connectivity index (χ1n) is 7.73. The third-order valence-corrected chi connectivity index (χ3v) is 4.49. The highest BCUT2D eigenvalue weighted by atomic mass is 35.5. The Bertz CT molecular complexity index is 667. The number of hydrogen-bond acceptors (Lipinski definition) is 4. The predicted octanol–water partition coefficient (Wildman–Crippen LogP) is 3.97. The number of halogens is 1. The van der Waals surface area contributed by atoms with E-state index in [1.54, 1.807) is 17.8 Å². The van der Waals surface area contributed by atoms with Crippen LogP contribution in [-0.4, -0.2) is 24.0 Å². The van der Waals surface area contributed by atoms with Crippen LogP contribution in [0.15, 0.2) is 48.5 Å². The van der Waals surface area contributed by atoms with Crippen LogP contribution >= 0.6 is 23.4 Å². The Morgan fingerprint density at radius 2 is 2.00 bits per heavy atom. The third-order valence-electron chi connectivity index (χ3n) is 3.53. The first-order valence-corrected chi connectivity index (χ1v) is 9.50. The van der Waals surface area contributed by atoms with E-state index >= 15 is 0 Å². The summed E-state index contributed by atoms with van der Waals surface area (Å²) < 4.78 is 0. The van der Waals surface area contributed by atoms with Crippen LogP contribution in [0, 0.1) is 0 Å². The molecule has 1 amide bonds. The van der Waals surface area contributed by atoms with E-state index in [0.717, 1.165) is 11.4 Å². The summed E-state index contributed by atoms with van der Waals surface area (Å²) in [6.07, 6.45) is 2.64. The number of rotatable bonds is 8. The molecule has 2 aromatic carbocycles. The zero-order valence-corrected chi connectivity index (χ0v) is 15.2. The molecule has 0 bridgehead atoms. The average molecular weight is 364 g/mol. The lowest BCUT2D eigenvalue weighted by Gasteiger charge is -2.13. The van der Waals surface area contributed by atoms with Crippen molar-refractivity contribution in [1.29, 1.82) is 0 Å². The lowest BCUT2D eigenvalue weighted by Crippen LogP contribution is -2.36. The van der Waals surface area contributed by atoms with Gasteiger partial charge in [0, 0.05) is 12.2 Å². The highest BCUT2D eigenvalue weighted by molar-refractivity contribution is 7.98. The normalized spacial score (nSPS) is 11.8. The van der Waals surface area contributed by atoms with Gasteiger partial charge < -0.3 is 16.4 Å². The third kappa shape index (κ3) is 5.74. The molecule has 6 heteroatoms. The minimum Gasteiger partial charge on any atom is -0.380 e. The molecule has 24 heavy (non-hydrogen) atoms. The highest BCUT2D eigenvalue weighted by Gasteiger charge is 2.13. The summed E-state index contributed by atoms with van der Waals surface area (Å²) in [5, 5.41) is 6.65. The van der Waals surface area contributed by atoms with Gasteiger partial charge >= 0.3 is 0 Å². The van der Waals surface area contributed by atoms with E-state index in [0.29, 0.717) is 23.7 Å². The Morgan fingerprint density at radius 3 is 2.67 bits per heavy atom. The van der Waals surface area contributed by atoms with Crippen LogP contribution in [0.4, 0.5) is 11.4 Å². The molecular formula is C18H22ClN3OS. The number of carbonyl (C=O) groups is 1. The second kappa shape index (κ2) is 9.57. The van der Waals surface area contributed by atoms with Crippen molar-refractivity contribution in [2.24, 2.45) is 5.73 Å². The number of hydrogen-bond donors (Lipinski definition) is 3. The van der Waals surface area contributed by atoms with Crippen molar-refractivity contribution in [2.45, 2.75) is 19.0 Å². The molecule has 0 aromatic heterocycles. The monoisotopic (exact) mass is 363 g/mol. The first-order chi connectivity index (χ1) is 11.6. The zero-order valence-electron chi connectivity index (χ0n) is 13.6. The maximum atomic E-state index is 12.0. The van der Waals surface area contributed by atoms with Gasteiger partial charge in [-0.1, -0.05) is 41.9 Å². The van der Waals surface area contributed by atoms with Crippen molar-refractivity contribution in [3.8, 4) is 0 Å². The van der Waals surface area contributed by atoms with Crippen molar-refractivity contribution in [1.82, 2.24) is 0 Å². The number of benzene rings is 2. The van der Waals surface area contributed by atoms with Crippen molar-refractivity contribution in [3.05, 3.63) is 59.1 Å². The smallest absolute Gasteiger partial charge is 0.241 e. The summed E-state index contributed by atoms with van der Waals surface area (Å²) in [6.45, 7) is 0.686. The Labute approximate surface area is 152 Å². The van der Waals surface area contributed by atoms with Gasteiger partial charge in [0.15, 0.2) is 0 Å². The van der Waals surface area contributed by atoms with Crippen molar-refractivity contribution >= 4 is 40.6 Å². The summed E-state index contributed by atoms with van der Waals surface area (Å²) in [4.78, 5) is 12.0. The van der Waals surface area contributed by atoms with E-state index in [4.69, 9.17) is 17.3 Å². The SMILES string of the molecule is CSCC[C@H](N)C(=O)Nc1ccc(NCc2ccccc2)c(Cl)c1. The standard InChI is InChI=1S/C18H22ClN3OS/c1-24-10-9-16(20)18(23)22-14-7-8-17(15(19)11-14)21-12-13-5-3-2-4-6-13/h2-8,11,16,21H,9-10,12,20H2,1H3,(H,22,23)/t16-/m0/s1. The van der Waals surface area contributed by atoms with Gasteiger partial charge in [0.1, 0.15) is 0 Å². The minimum absolute atomic E-state index is 0.190. The number of carbonyl (C=O) groups excluding carboxylic acids is 1. The van der Waals surface area contributed by atoms with E-state index in [1.165, 1.54) is 5.56 Å². The molecule has 0 aliphatic heterocycles. The summed E-state index contributed by atoms with van der Waals surface area (Å²) in [5.41, 5.74) is 8.50. The molecule has 128 valence electrons. The molecule has 0 aliphatic rings. The Hall–Kier alpha value is -1.69. The first kappa shape index (κ1) is 18.6. The Balaban J connectivity index is 1.93. The molecule has 0 saturated heterocycles. The largest absolute Gasteiger partial charge is 0.380 e. The summed E-state index contributed by atoms with van der Waals surface area (Å²) in [5.74, 6) is 0.669. The second-order valence-electron chi connectivity index (χ2n) is 5.41. The lowest BCUT2D eigenvalue weighted by atomic mass is 10.2. The zero-order chi connectivity index (χ0) is 17.4. The number of nitrogens with one attached hydrogen (secondary N) is 2. The van der Waals surface area contributed by atoms with Crippen LogP contribution in [0.5, 0.6) is 0 Å². The lowest BCUT2D eigenvalue weighted by molar-refractivity contribution is -0.117. The summed E-state index contributed by atoms with van der Waals surface area (Å²) in [6, 6.07) is 15.0. The molecule has 2 rings (SSSR count). The van der Waals surface area contributed by atoms with E-state index in [1.807, 2.05) is 48.7 Å². The fourth-order valence-electron chi connectivity index (χ4n) is 2.14. The Morgan fingerprint density at radius 1 is 1.25 bits per heavy atom. The molecule has 4 nitrogen and oxygen atoms in total. The molecule has 0 unspecified atom stereocenters. The van der Waals surface area contributed by atoms with Crippen LogP contribution in [0.3, 0.4) is 0 Å². The van der Waals surface area contributed by atoms with Gasteiger partial charge in [0.25, 0.3) is 0 Å². The van der Waals surface area contributed by atoms with Crippen LogP contribution in [0.25, 0.3) is 0 Å². The molecule has 0 spiro atoms. The fraction of sp³-hybridized carbons (Fsp3) is 0.278. The fourth-order valence-corrected chi connectivity index (χ4v) is 2.88. The van der Waals surface area contributed by atoms with Gasteiger partial charge in [-0.05, 0) is 42.2 Å². The van der Waals surface area contributed by atoms with Gasteiger partial charge in [0.05, 0.1) is 16.8 Å². The second-order valence-corrected chi connectivity index (χ2v) is 6.80. The molecule has 0 aliphatic carbocycles. The molecule has 0 heterocycles. The average Bonchev–Trinajstić information content (AvgIpc) is 2.59. The van der Waals surface area contributed by atoms with Gasteiger partial charge in [-0.25, -0.2) is 0 Å². The van der Waals surface area contributed by atoms with Gasteiger partial charge in [-0.2, -0.15) is 11.8 Å². The number of thioether (sulfide) groups is 1. The molecule has 0 fully saturated rings. The molecule has 0 radical (unpaired) electrons. The highest BCUT2D eigenvalue weighted by Crippen LogP contribution is 2.26. The van der Waals surface area contributed by atoms with Gasteiger partial charge in [0.2, 0.25) is 5.91 Å². The number of anilines is 2. The van der Waals surface area contributed by atoms with Crippen molar-refractivity contribution in [3.63, 3.8) is 0 Å². The van der Waals surface area contributed by atoms with E-state index in [-0.39, 0.29) is 5.91 Å². The summed E-state index contributed by atoms with van der Waals surface area (Å²) in [7, 11) is 0. The van der Waals surface area contributed by atoms with Crippen LogP contribution < -0.4 is 16.4 Å². The van der Waals surface area contributed by atoms with E-state index in [2.05, 4.69) is 10.6 Å². The van der Waals surface area contributed by atoms with Crippen molar-refractivity contribution in [2.75, 3.05) is 22.6 Å².